The van der Waals surface area contributed by atoms with Gasteiger partial charge in [0.1, 0.15) is 11.2 Å². The van der Waals surface area contributed by atoms with Crippen molar-refractivity contribution in [1.82, 2.24) is 0 Å². The van der Waals surface area contributed by atoms with Gasteiger partial charge in [0, 0.05) is 21.9 Å². The van der Waals surface area contributed by atoms with Gasteiger partial charge in [-0.3, -0.25) is 0 Å². The molecule has 8 aromatic carbocycles. The minimum Gasteiger partial charge on any atom is -0.455 e. The highest BCUT2D eigenvalue weighted by molar-refractivity contribution is 6.26. The molecule has 1 heterocycles. The van der Waals surface area contributed by atoms with Crippen LogP contribution in [-0.4, -0.2) is 0 Å². The Kier molecular flexibility index (Phi) is 5.94. The van der Waals surface area contributed by atoms with Gasteiger partial charge in [0.15, 0.2) is 0 Å². The van der Waals surface area contributed by atoms with Crippen molar-refractivity contribution in [3.63, 3.8) is 0 Å². The molecule has 0 amide bonds. The first-order valence-electron chi connectivity index (χ1n) is 15.8. The molecule has 216 valence electrons. The van der Waals surface area contributed by atoms with Gasteiger partial charge >= 0.3 is 0 Å². The van der Waals surface area contributed by atoms with Crippen molar-refractivity contribution in [3.8, 4) is 33.4 Å². The average molecular weight is 587 g/mol. The van der Waals surface area contributed by atoms with E-state index in [4.69, 9.17) is 4.42 Å². The van der Waals surface area contributed by atoms with Crippen LogP contribution in [0.15, 0.2) is 157 Å². The van der Waals surface area contributed by atoms with Gasteiger partial charge in [-0.2, -0.15) is 0 Å². The van der Waals surface area contributed by atoms with Gasteiger partial charge in [-0.15, -0.1) is 0 Å². The summed E-state index contributed by atoms with van der Waals surface area (Å²) in [7, 11) is 0. The van der Waals surface area contributed by atoms with Crippen LogP contribution in [0.5, 0.6) is 0 Å². The smallest absolute Gasteiger partial charge is 0.143 e. The first-order valence-corrected chi connectivity index (χ1v) is 15.8. The SMILES string of the molecule is C=Cc1ccccc1-c1c(C)cc(-c2c3ccccc3c(-c3cccc4c3oc3ccccc34)c3ccccc23)c2ccccc12. The molecule has 9 aromatic rings. The third-order valence-electron chi connectivity index (χ3n) is 9.57. The van der Waals surface area contributed by atoms with Gasteiger partial charge in [-0.1, -0.05) is 152 Å². The van der Waals surface area contributed by atoms with Gasteiger partial charge in [-0.25, -0.2) is 0 Å². The zero-order valence-corrected chi connectivity index (χ0v) is 25.5. The van der Waals surface area contributed by atoms with Crippen molar-refractivity contribution in [2.24, 2.45) is 0 Å². The topological polar surface area (TPSA) is 13.1 Å². The van der Waals surface area contributed by atoms with E-state index in [1.54, 1.807) is 0 Å². The average Bonchev–Trinajstić information content (AvgIpc) is 3.50. The Labute approximate surface area is 267 Å². The molecule has 0 radical (unpaired) electrons. The molecule has 0 saturated carbocycles. The van der Waals surface area contributed by atoms with Crippen molar-refractivity contribution in [3.05, 3.63) is 163 Å². The Bertz CT molecular complexity index is 2610. The summed E-state index contributed by atoms with van der Waals surface area (Å²) in [5.74, 6) is 0. The molecular formula is C45H30O. The largest absolute Gasteiger partial charge is 0.455 e. The fourth-order valence-corrected chi connectivity index (χ4v) is 7.63. The standard InChI is InChI=1S/C45H30O/c1-3-29-15-4-5-16-30(29)42-28(2)27-40(31-17-6-7-19-33(31)42)44-36-22-10-8-20-34(36)43(35-21-9-11-23-37(35)44)39-25-14-24-38-32-18-12-13-26-41(32)46-45(38)39/h3-27H,1H2,2H3. The summed E-state index contributed by atoms with van der Waals surface area (Å²) < 4.78 is 6.59. The molecule has 0 fully saturated rings. The van der Waals surface area contributed by atoms with E-state index in [1.165, 1.54) is 65.7 Å². The summed E-state index contributed by atoms with van der Waals surface area (Å²) in [6.45, 7) is 6.36. The van der Waals surface area contributed by atoms with Crippen LogP contribution in [0.4, 0.5) is 0 Å². The van der Waals surface area contributed by atoms with E-state index >= 15 is 0 Å². The molecule has 1 aromatic heterocycles. The van der Waals surface area contributed by atoms with E-state index in [9.17, 15) is 0 Å². The van der Waals surface area contributed by atoms with Crippen molar-refractivity contribution in [2.45, 2.75) is 6.92 Å². The predicted octanol–water partition coefficient (Wildman–Crippen LogP) is 13.0. The van der Waals surface area contributed by atoms with Crippen LogP contribution in [0.25, 0.3) is 93.7 Å². The third kappa shape index (κ3) is 3.82. The minimum absolute atomic E-state index is 0.912. The van der Waals surface area contributed by atoms with Crippen LogP contribution in [0, 0.1) is 6.92 Å². The summed E-state index contributed by atoms with van der Waals surface area (Å²) in [5, 5.41) is 9.66. The number of aryl methyl sites for hydroxylation is 1. The lowest BCUT2D eigenvalue weighted by molar-refractivity contribution is 0.670. The monoisotopic (exact) mass is 586 g/mol. The lowest BCUT2D eigenvalue weighted by atomic mass is 9.82. The van der Waals surface area contributed by atoms with Crippen LogP contribution >= 0.6 is 0 Å². The van der Waals surface area contributed by atoms with Crippen LogP contribution in [0.3, 0.4) is 0 Å². The Morgan fingerprint density at radius 2 is 0.913 bits per heavy atom. The van der Waals surface area contributed by atoms with Gasteiger partial charge in [-0.05, 0) is 78.7 Å². The summed E-state index contributed by atoms with van der Waals surface area (Å²) >= 11 is 0. The van der Waals surface area contributed by atoms with Gasteiger partial charge in [0.2, 0.25) is 0 Å². The lowest BCUT2D eigenvalue weighted by Gasteiger charge is -2.21. The molecule has 0 N–H and O–H groups in total. The fraction of sp³-hybridized carbons (Fsp3) is 0.0222. The molecule has 0 atom stereocenters. The van der Waals surface area contributed by atoms with E-state index in [0.717, 1.165) is 33.1 Å². The summed E-state index contributed by atoms with van der Waals surface area (Å²) in [6, 6.07) is 52.4. The van der Waals surface area contributed by atoms with Crippen molar-refractivity contribution < 1.29 is 4.42 Å². The first kappa shape index (κ1) is 26.5. The number of rotatable bonds is 4. The highest BCUT2D eigenvalue weighted by Crippen LogP contribution is 2.49. The molecule has 9 rings (SSSR count). The number of furan rings is 1. The summed E-state index contributed by atoms with van der Waals surface area (Å²) in [4.78, 5) is 0. The van der Waals surface area contributed by atoms with E-state index < -0.39 is 0 Å². The quantitative estimate of drug-likeness (QED) is 0.187. The molecule has 0 bridgehead atoms. The van der Waals surface area contributed by atoms with E-state index in [2.05, 4.69) is 153 Å². The minimum atomic E-state index is 0.912. The Morgan fingerprint density at radius 1 is 0.435 bits per heavy atom. The Hall–Kier alpha value is -5.92. The lowest BCUT2D eigenvalue weighted by Crippen LogP contribution is -1.95. The summed E-state index contributed by atoms with van der Waals surface area (Å²) in [5.41, 5.74) is 11.5. The molecule has 46 heavy (non-hydrogen) atoms. The van der Waals surface area contributed by atoms with E-state index in [0.29, 0.717) is 0 Å². The van der Waals surface area contributed by atoms with Crippen molar-refractivity contribution in [2.75, 3.05) is 0 Å². The molecule has 0 aliphatic carbocycles. The molecular weight excluding hydrogens is 556 g/mol. The highest BCUT2D eigenvalue weighted by atomic mass is 16.3. The third-order valence-corrected chi connectivity index (χ3v) is 9.57. The maximum absolute atomic E-state index is 6.59. The zero-order chi connectivity index (χ0) is 30.8. The maximum atomic E-state index is 6.59. The number of hydrogen-bond donors (Lipinski definition) is 0. The number of benzene rings is 8. The molecule has 0 unspecified atom stereocenters. The van der Waals surface area contributed by atoms with Crippen LogP contribution in [0.2, 0.25) is 0 Å². The number of fused-ring (bicyclic) bond motifs is 6. The molecule has 0 aliphatic heterocycles. The van der Waals surface area contributed by atoms with Crippen molar-refractivity contribution in [1.29, 1.82) is 0 Å². The van der Waals surface area contributed by atoms with Crippen LogP contribution < -0.4 is 0 Å². The summed E-state index contributed by atoms with van der Waals surface area (Å²) in [6.07, 6.45) is 1.96. The van der Waals surface area contributed by atoms with Crippen LogP contribution in [0.1, 0.15) is 11.1 Å². The molecule has 0 aliphatic rings. The van der Waals surface area contributed by atoms with Gasteiger partial charge < -0.3 is 4.42 Å². The fourth-order valence-electron chi connectivity index (χ4n) is 7.63. The highest BCUT2D eigenvalue weighted by Gasteiger charge is 2.22. The second kappa shape index (κ2) is 10.3. The van der Waals surface area contributed by atoms with Gasteiger partial charge in [0.25, 0.3) is 0 Å². The number of hydrogen-bond acceptors (Lipinski definition) is 1. The molecule has 0 saturated heterocycles. The Morgan fingerprint density at radius 3 is 1.57 bits per heavy atom. The first-order chi connectivity index (χ1) is 22.7. The normalized spacial score (nSPS) is 11.7. The number of para-hydroxylation sites is 2. The second-order valence-corrected chi connectivity index (χ2v) is 12.1. The van der Waals surface area contributed by atoms with Crippen molar-refractivity contribution >= 4 is 60.3 Å². The van der Waals surface area contributed by atoms with E-state index in [-0.39, 0.29) is 0 Å². The zero-order valence-electron chi connectivity index (χ0n) is 25.5. The second-order valence-electron chi connectivity index (χ2n) is 12.1. The molecule has 1 nitrogen and oxygen atoms in total. The van der Waals surface area contributed by atoms with Crippen LogP contribution in [-0.2, 0) is 0 Å². The predicted molar refractivity (Wildman–Crippen MR) is 197 cm³/mol. The maximum Gasteiger partial charge on any atom is 0.143 e. The molecule has 1 heteroatoms. The van der Waals surface area contributed by atoms with Gasteiger partial charge in [0.05, 0.1) is 0 Å². The van der Waals surface area contributed by atoms with E-state index in [1.807, 2.05) is 12.1 Å². The Balaban J connectivity index is 1.41. The molecule has 0 spiro atoms.